The lowest BCUT2D eigenvalue weighted by atomic mass is 9.73. The SMILES string of the molecule is C=C(OPP)C1CC2OC2(C)CCCC(C)C(OP)C(C)C(=O)C(C)(C)C(OP)CC(=O)O1. The second kappa shape index (κ2) is 12.5. The molecule has 2 saturated heterocycles. The van der Waals surface area contributed by atoms with Crippen molar-refractivity contribution in [3.8, 4) is 0 Å². The van der Waals surface area contributed by atoms with Gasteiger partial charge in [-0.25, -0.2) is 0 Å². The fourth-order valence-electron chi connectivity index (χ4n) is 4.80. The van der Waals surface area contributed by atoms with E-state index in [-0.39, 0.29) is 50.3 Å². The van der Waals surface area contributed by atoms with Gasteiger partial charge in [0.25, 0.3) is 0 Å². The van der Waals surface area contributed by atoms with Crippen LogP contribution in [0.2, 0.25) is 0 Å². The molecule has 2 heterocycles. The van der Waals surface area contributed by atoms with Gasteiger partial charge in [-0.1, -0.05) is 49.6 Å². The summed E-state index contributed by atoms with van der Waals surface area (Å²) in [4.78, 5) is 26.5. The molecule has 11 unspecified atom stereocenters. The molecule has 0 saturated carbocycles. The number of carbonyl (C=O) groups is 2. The lowest BCUT2D eigenvalue weighted by Gasteiger charge is -2.37. The first-order valence-electron chi connectivity index (χ1n) is 11.3. The zero-order valence-corrected chi connectivity index (χ0v) is 24.8. The number of epoxide rings is 1. The van der Waals surface area contributed by atoms with Crippen molar-refractivity contribution in [1.29, 1.82) is 0 Å². The number of esters is 1. The molecular formula is C22H40O7P4. The second-order valence-electron chi connectivity index (χ2n) is 9.99. The van der Waals surface area contributed by atoms with Crippen LogP contribution in [-0.2, 0) is 32.6 Å². The summed E-state index contributed by atoms with van der Waals surface area (Å²) in [5.41, 5.74) is -1.20. The first kappa shape index (κ1) is 29.5. The van der Waals surface area contributed by atoms with E-state index in [9.17, 15) is 9.59 Å². The molecule has 0 spiro atoms. The molecule has 11 atom stereocenters. The van der Waals surface area contributed by atoms with Gasteiger partial charge in [-0.05, 0) is 25.7 Å². The average Bonchev–Trinajstić information content (AvgIpc) is 3.39. The molecule has 190 valence electrons. The third-order valence-electron chi connectivity index (χ3n) is 7.20. The summed E-state index contributed by atoms with van der Waals surface area (Å²) in [6.45, 7) is 13.7. The van der Waals surface area contributed by atoms with Crippen LogP contribution in [0.3, 0.4) is 0 Å². The molecule has 2 aliphatic heterocycles. The van der Waals surface area contributed by atoms with E-state index in [2.05, 4.69) is 48.3 Å². The molecule has 0 aliphatic carbocycles. The van der Waals surface area contributed by atoms with Gasteiger partial charge in [0.1, 0.15) is 11.5 Å². The van der Waals surface area contributed by atoms with Crippen LogP contribution in [0, 0.1) is 17.3 Å². The van der Waals surface area contributed by atoms with Gasteiger partial charge < -0.3 is 23.0 Å². The molecular weight excluding hydrogens is 500 g/mol. The van der Waals surface area contributed by atoms with Gasteiger partial charge in [0.05, 0.1) is 44.2 Å². The van der Waals surface area contributed by atoms with Gasteiger partial charge in [0.2, 0.25) is 0 Å². The molecule has 2 rings (SSSR count). The summed E-state index contributed by atoms with van der Waals surface area (Å²) in [5.74, 6) is -0.282. The highest BCUT2D eigenvalue weighted by Gasteiger charge is 2.53. The summed E-state index contributed by atoms with van der Waals surface area (Å²) >= 11 is 0. The highest BCUT2D eigenvalue weighted by Crippen LogP contribution is 2.45. The molecule has 7 nitrogen and oxygen atoms in total. The number of ether oxygens (including phenoxy) is 2. The summed E-state index contributed by atoms with van der Waals surface area (Å²) in [6, 6.07) is 0. The van der Waals surface area contributed by atoms with Gasteiger partial charge in [0.15, 0.2) is 6.10 Å². The van der Waals surface area contributed by atoms with Crippen molar-refractivity contribution in [2.24, 2.45) is 17.3 Å². The number of hydrogen-bond acceptors (Lipinski definition) is 7. The number of ketones is 1. The van der Waals surface area contributed by atoms with E-state index in [1.54, 1.807) is 13.8 Å². The lowest BCUT2D eigenvalue weighted by Crippen LogP contribution is -2.46. The molecule has 0 N–H and O–H groups in total. The molecule has 0 aromatic carbocycles. The first-order chi connectivity index (χ1) is 15.4. The predicted octanol–water partition coefficient (Wildman–Crippen LogP) is 5.15. The Bertz CT molecular complexity index is 719. The van der Waals surface area contributed by atoms with E-state index < -0.39 is 23.6 Å². The highest BCUT2D eigenvalue weighted by atomic mass is 32.0. The molecule has 0 aromatic rings. The van der Waals surface area contributed by atoms with Crippen LogP contribution < -0.4 is 0 Å². The van der Waals surface area contributed by atoms with Gasteiger partial charge in [-0.3, -0.25) is 9.59 Å². The Kier molecular flexibility index (Phi) is 11.2. The van der Waals surface area contributed by atoms with Crippen LogP contribution in [0.25, 0.3) is 0 Å². The van der Waals surface area contributed by atoms with Crippen LogP contribution in [0.1, 0.15) is 66.7 Å². The molecule has 33 heavy (non-hydrogen) atoms. The number of rotatable bonds is 5. The molecule has 0 bridgehead atoms. The number of fused-ring (bicyclic) bond motifs is 1. The Morgan fingerprint density at radius 3 is 2.42 bits per heavy atom. The van der Waals surface area contributed by atoms with E-state index in [0.29, 0.717) is 12.2 Å². The number of carbonyl (C=O) groups excluding carboxylic acids is 2. The monoisotopic (exact) mass is 540 g/mol. The lowest BCUT2D eigenvalue weighted by molar-refractivity contribution is -0.153. The van der Waals surface area contributed by atoms with E-state index in [1.807, 2.05) is 6.92 Å². The van der Waals surface area contributed by atoms with Crippen molar-refractivity contribution in [3.63, 3.8) is 0 Å². The number of cyclic esters (lactones) is 1. The zero-order valence-electron chi connectivity index (χ0n) is 20.3. The Morgan fingerprint density at radius 1 is 1.18 bits per heavy atom. The van der Waals surface area contributed by atoms with Crippen LogP contribution >= 0.6 is 36.4 Å². The van der Waals surface area contributed by atoms with Crippen LogP contribution in [0.5, 0.6) is 0 Å². The zero-order chi connectivity index (χ0) is 25.0. The minimum atomic E-state index is -0.930. The Morgan fingerprint density at radius 2 is 1.85 bits per heavy atom. The van der Waals surface area contributed by atoms with Crippen LogP contribution in [0.15, 0.2) is 12.3 Å². The standard InChI is InChI=1S/C22H40O7P4/c1-12-8-7-9-22(6)17(26-22)10-15(14(3)29-33-32)25-18(23)11-16(27-30)21(4,5)20(24)13(2)19(12)28-31/h12-13,15-17,19,33H,3,7-11,30-32H2,1-2,4-6H3. The van der Waals surface area contributed by atoms with E-state index in [0.717, 1.165) is 19.3 Å². The van der Waals surface area contributed by atoms with Gasteiger partial charge >= 0.3 is 5.97 Å². The summed E-state index contributed by atoms with van der Waals surface area (Å²) in [5, 5.41) is 0. The fourth-order valence-corrected chi connectivity index (χ4v) is 6.48. The third kappa shape index (κ3) is 7.39. The Hall–Kier alpha value is 0.280. The van der Waals surface area contributed by atoms with Crippen molar-refractivity contribution < 1.29 is 32.6 Å². The average molecular weight is 540 g/mol. The summed E-state index contributed by atoms with van der Waals surface area (Å²) < 4.78 is 28.6. The van der Waals surface area contributed by atoms with E-state index >= 15 is 0 Å². The van der Waals surface area contributed by atoms with E-state index in [1.165, 1.54) is 0 Å². The van der Waals surface area contributed by atoms with Crippen molar-refractivity contribution >= 4 is 48.1 Å². The van der Waals surface area contributed by atoms with E-state index in [4.69, 9.17) is 23.0 Å². The molecule has 0 radical (unpaired) electrons. The molecule has 11 heteroatoms. The molecule has 2 aliphatic rings. The van der Waals surface area contributed by atoms with Crippen LogP contribution in [-0.4, -0.2) is 41.8 Å². The minimum Gasteiger partial charge on any atom is -0.474 e. The van der Waals surface area contributed by atoms with Gasteiger partial charge in [0, 0.05) is 31.3 Å². The predicted molar refractivity (Wildman–Crippen MR) is 141 cm³/mol. The van der Waals surface area contributed by atoms with Crippen molar-refractivity contribution in [1.82, 2.24) is 0 Å². The smallest absolute Gasteiger partial charge is 0.309 e. The fraction of sp³-hybridized carbons (Fsp3) is 0.818. The number of Topliss-reactive ketones (excluding diaryl/α,β-unsaturated/α-hetero) is 1. The molecule has 0 aromatic heterocycles. The van der Waals surface area contributed by atoms with Gasteiger partial charge in [-0.2, -0.15) is 0 Å². The Balaban J connectivity index is 2.32. The third-order valence-corrected chi connectivity index (χ3v) is 8.58. The van der Waals surface area contributed by atoms with Crippen molar-refractivity contribution in [2.75, 3.05) is 0 Å². The van der Waals surface area contributed by atoms with Crippen LogP contribution in [0.4, 0.5) is 0 Å². The molecule has 2 fully saturated rings. The number of hydrogen-bond donors (Lipinski definition) is 0. The largest absolute Gasteiger partial charge is 0.474 e. The van der Waals surface area contributed by atoms with Crippen molar-refractivity contribution in [3.05, 3.63) is 12.3 Å². The topological polar surface area (TPSA) is 83.6 Å². The summed E-state index contributed by atoms with van der Waals surface area (Å²) in [7, 11) is 7.11. The maximum atomic E-state index is 13.5. The maximum absolute atomic E-state index is 13.5. The minimum absolute atomic E-state index is 0.0137. The highest BCUT2D eigenvalue weighted by molar-refractivity contribution is 8.00. The molecule has 0 amide bonds. The quantitative estimate of drug-likeness (QED) is 0.206. The van der Waals surface area contributed by atoms with Gasteiger partial charge in [-0.15, -0.1) is 0 Å². The Labute approximate surface area is 207 Å². The summed E-state index contributed by atoms with van der Waals surface area (Å²) in [6.07, 6.45) is 1.54. The first-order valence-corrected chi connectivity index (χ1v) is 15.0. The second-order valence-corrected chi connectivity index (χ2v) is 11.7. The van der Waals surface area contributed by atoms with Crippen molar-refractivity contribution in [2.45, 2.75) is 96.7 Å². The normalized spacial score (nSPS) is 38.5. The maximum Gasteiger partial charge on any atom is 0.309 e.